The van der Waals surface area contributed by atoms with Gasteiger partial charge in [-0.1, -0.05) is 19.9 Å². The zero-order chi connectivity index (χ0) is 15.7. The molecule has 2 atom stereocenters. The van der Waals surface area contributed by atoms with Crippen molar-refractivity contribution < 1.29 is 9.53 Å². The number of allylic oxidation sites excluding steroid dienone is 1. The number of halogens is 1. The largest absolute Gasteiger partial charge is 0.381 e. The van der Waals surface area contributed by atoms with Crippen molar-refractivity contribution in [1.29, 1.82) is 0 Å². The molecule has 3 aliphatic heterocycles. The molecule has 2 fully saturated rings. The highest BCUT2D eigenvalue weighted by molar-refractivity contribution is 8.05. The summed E-state index contributed by atoms with van der Waals surface area (Å²) in [7, 11) is 0. The van der Waals surface area contributed by atoms with Gasteiger partial charge in [0.2, 0.25) is 5.91 Å². The fourth-order valence-electron chi connectivity index (χ4n) is 3.72. The van der Waals surface area contributed by atoms with E-state index < -0.39 is 0 Å². The van der Waals surface area contributed by atoms with E-state index in [0.29, 0.717) is 5.92 Å². The second kappa shape index (κ2) is 6.74. The van der Waals surface area contributed by atoms with Gasteiger partial charge in [-0.2, -0.15) is 0 Å². The number of piperidine rings is 1. The van der Waals surface area contributed by atoms with Gasteiger partial charge in [0, 0.05) is 26.3 Å². The highest BCUT2D eigenvalue weighted by Crippen LogP contribution is 2.46. The van der Waals surface area contributed by atoms with Gasteiger partial charge in [-0.05, 0) is 41.9 Å². The van der Waals surface area contributed by atoms with Gasteiger partial charge in [-0.15, -0.1) is 23.4 Å². The van der Waals surface area contributed by atoms with Crippen molar-refractivity contribution in [2.45, 2.75) is 44.2 Å². The average Bonchev–Trinajstić information content (AvgIpc) is 2.88. The van der Waals surface area contributed by atoms with Gasteiger partial charge in [0.1, 0.15) is 0 Å². The molecule has 3 heterocycles. The van der Waals surface area contributed by atoms with Crippen LogP contribution in [0, 0.1) is 17.3 Å². The normalized spacial score (nSPS) is 32.9. The van der Waals surface area contributed by atoms with Crippen LogP contribution in [0.3, 0.4) is 0 Å². The van der Waals surface area contributed by atoms with Crippen molar-refractivity contribution in [3.8, 4) is 0 Å². The van der Waals surface area contributed by atoms with Crippen LogP contribution in [0.2, 0.25) is 0 Å². The lowest BCUT2D eigenvalue weighted by molar-refractivity contribution is -0.136. The predicted octanol–water partition coefficient (Wildman–Crippen LogP) is 3.87. The Morgan fingerprint density at radius 1 is 1.41 bits per heavy atom. The molecule has 0 aliphatic carbocycles. The first-order valence-corrected chi connectivity index (χ1v) is 9.67. The summed E-state index contributed by atoms with van der Waals surface area (Å²) in [5.74, 6) is 0.608. The topological polar surface area (TPSA) is 29.5 Å². The van der Waals surface area contributed by atoms with E-state index in [9.17, 15) is 4.79 Å². The van der Waals surface area contributed by atoms with Crippen molar-refractivity contribution in [2.75, 3.05) is 26.3 Å². The molecular formula is C17H26ClNO2S. The summed E-state index contributed by atoms with van der Waals surface area (Å²) in [5, 5.41) is 0. The molecule has 0 aromatic heterocycles. The van der Waals surface area contributed by atoms with Crippen LogP contribution in [-0.2, 0) is 9.53 Å². The number of amides is 1. The lowest BCUT2D eigenvalue weighted by Gasteiger charge is -2.39. The smallest absolute Gasteiger partial charge is 0.231 e. The van der Waals surface area contributed by atoms with Gasteiger partial charge in [-0.25, -0.2) is 0 Å². The highest BCUT2D eigenvalue weighted by Gasteiger charge is 2.39. The van der Waals surface area contributed by atoms with Crippen LogP contribution in [0.15, 0.2) is 11.0 Å². The van der Waals surface area contributed by atoms with E-state index in [0.717, 1.165) is 45.6 Å². The van der Waals surface area contributed by atoms with E-state index in [1.54, 1.807) is 11.8 Å². The maximum Gasteiger partial charge on any atom is 0.231 e. The minimum Gasteiger partial charge on any atom is -0.381 e. The molecule has 5 heteroatoms. The number of rotatable bonds is 2. The van der Waals surface area contributed by atoms with Crippen LogP contribution in [0.1, 0.15) is 39.5 Å². The molecule has 0 spiro atoms. The Hall–Kier alpha value is -0.190. The van der Waals surface area contributed by atoms with Crippen molar-refractivity contribution >= 4 is 29.3 Å². The Balaban J connectivity index is 1.67. The van der Waals surface area contributed by atoms with Crippen LogP contribution in [0.4, 0.5) is 0 Å². The number of nitrogens with zero attached hydrogens (tertiary/aromatic N) is 1. The standard InChI is InChI=1S/C17H26ClNO2S/c1-17(2)6-3-7-19(11-17)16(20)13-10-14(22-15(13)18)12-4-8-21-9-5-12/h10,12-13,15H,3-9,11H2,1-2H3. The second-order valence-corrected chi connectivity index (χ2v) is 9.42. The minimum atomic E-state index is -0.154. The van der Waals surface area contributed by atoms with Gasteiger partial charge in [-0.3, -0.25) is 4.79 Å². The number of thioether (sulfide) groups is 1. The second-order valence-electron chi connectivity index (χ2n) is 7.48. The Morgan fingerprint density at radius 3 is 2.82 bits per heavy atom. The third-order valence-electron chi connectivity index (χ3n) is 5.00. The highest BCUT2D eigenvalue weighted by atomic mass is 35.5. The van der Waals surface area contributed by atoms with Crippen LogP contribution in [0.25, 0.3) is 0 Å². The zero-order valence-electron chi connectivity index (χ0n) is 13.5. The van der Waals surface area contributed by atoms with E-state index in [-0.39, 0.29) is 21.9 Å². The summed E-state index contributed by atoms with van der Waals surface area (Å²) in [6.07, 6.45) is 6.56. The van der Waals surface area contributed by atoms with Crippen LogP contribution < -0.4 is 0 Å². The molecule has 0 bridgehead atoms. The van der Waals surface area contributed by atoms with Gasteiger partial charge >= 0.3 is 0 Å². The Kier molecular flexibility index (Phi) is 5.10. The molecule has 3 nitrogen and oxygen atoms in total. The van der Waals surface area contributed by atoms with Crippen molar-refractivity contribution in [3.63, 3.8) is 0 Å². The Bertz CT molecular complexity index is 460. The zero-order valence-corrected chi connectivity index (χ0v) is 15.1. The number of ether oxygens (including phenoxy) is 1. The fraction of sp³-hybridized carbons (Fsp3) is 0.824. The van der Waals surface area contributed by atoms with Crippen molar-refractivity contribution in [1.82, 2.24) is 4.90 Å². The fourth-order valence-corrected chi connectivity index (χ4v) is 5.46. The number of likely N-dealkylation sites (tertiary alicyclic amines) is 1. The molecule has 3 aliphatic rings. The SMILES string of the molecule is CC1(C)CCCN(C(=O)C2C=C(C3CCOCC3)SC2Cl)C1. The third-order valence-corrected chi connectivity index (χ3v) is 6.79. The van der Waals surface area contributed by atoms with Crippen LogP contribution >= 0.6 is 23.4 Å². The van der Waals surface area contributed by atoms with Gasteiger partial charge in [0.25, 0.3) is 0 Å². The Morgan fingerprint density at radius 2 is 2.14 bits per heavy atom. The molecule has 1 amide bonds. The monoisotopic (exact) mass is 343 g/mol. The molecule has 0 N–H and O–H groups in total. The van der Waals surface area contributed by atoms with E-state index in [1.165, 1.54) is 11.3 Å². The summed E-state index contributed by atoms with van der Waals surface area (Å²) in [6, 6.07) is 0. The lowest BCUT2D eigenvalue weighted by atomic mass is 9.83. The maximum absolute atomic E-state index is 12.9. The molecule has 3 rings (SSSR count). The quantitative estimate of drug-likeness (QED) is 0.713. The average molecular weight is 344 g/mol. The number of alkyl halides is 1. The van der Waals surface area contributed by atoms with E-state index >= 15 is 0 Å². The van der Waals surface area contributed by atoms with E-state index in [2.05, 4.69) is 19.9 Å². The maximum atomic E-state index is 12.9. The first kappa shape index (κ1) is 16.7. The molecule has 0 aromatic rings. The summed E-state index contributed by atoms with van der Waals surface area (Å²) >= 11 is 8.21. The minimum absolute atomic E-state index is 0.143. The molecule has 0 aromatic carbocycles. The molecule has 124 valence electrons. The van der Waals surface area contributed by atoms with Crippen LogP contribution in [-0.4, -0.2) is 41.8 Å². The summed E-state index contributed by atoms with van der Waals surface area (Å²) in [6.45, 7) is 7.89. The summed E-state index contributed by atoms with van der Waals surface area (Å²) in [5.41, 5.74) is 0.231. The number of hydrogen-bond acceptors (Lipinski definition) is 3. The predicted molar refractivity (Wildman–Crippen MR) is 91.9 cm³/mol. The Labute approximate surface area is 142 Å². The number of carbonyl (C=O) groups excluding carboxylic acids is 1. The van der Waals surface area contributed by atoms with Crippen LogP contribution in [0.5, 0.6) is 0 Å². The molecule has 2 unspecified atom stereocenters. The van der Waals surface area contributed by atoms with E-state index in [1.807, 2.05) is 4.90 Å². The number of carbonyl (C=O) groups is 1. The first-order chi connectivity index (χ1) is 10.5. The summed E-state index contributed by atoms with van der Waals surface area (Å²) in [4.78, 5) is 16.2. The molecule has 0 saturated carbocycles. The number of hydrogen-bond donors (Lipinski definition) is 0. The van der Waals surface area contributed by atoms with E-state index in [4.69, 9.17) is 16.3 Å². The molecular weight excluding hydrogens is 318 g/mol. The molecule has 0 radical (unpaired) electrons. The van der Waals surface area contributed by atoms with Gasteiger partial charge in [0.05, 0.1) is 10.6 Å². The van der Waals surface area contributed by atoms with Crippen molar-refractivity contribution in [2.24, 2.45) is 17.3 Å². The lowest BCUT2D eigenvalue weighted by Crippen LogP contribution is -2.46. The summed E-state index contributed by atoms with van der Waals surface area (Å²) < 4.78 is 5.29. The molecule has 22 heavy (non-hydrogen) atoms. The van der Waals surface area contributed by atoms with Gasteiger partial charge in [0.15, 0.2) is 0 Å². The first-order valence-electron chi connectivity index (χ1n) is 8.35. The van der Waals surface area contributed by atoms with Crippen molar-refractivity contribution in [3.05, 3.63) is 11.0 Å². The molecule has 2 saturated heterocycles. The third kappa shape index (κ3) is 3.65. The van der Waals surface area contributed by atoms with Gasteiger partial charge < -0.3 is 9.64 Å².